The Morgan fingerprint density at radius 3 is 2.76 bits per heavy atom. The van der Waals surface area contributed by atoms with Gasteiger partial charge in [0.1, 0.15) is 5.01 Å². The average molecular weight is 351 g/mol. The highest BCUT2D eigenvalue weighted by molar-refractivity contribution is 7.21. The summed E-state index contributed by atoms with van der Waals surface area (Å²) in [6.45, 7) is 0. The molecule has 1 aliphatic carbocycles. The number of thiazole rings is 1. The average Bonchev–Trinajstić information content (AvgIpc) is 3.06. The number of aromatic nitrogens is 1. The molecular formula is C20H21N3OS. The molecule has 3 N–H and O–H groups in total. The highest BCUT2D eigenvalue weighted by Crippen LogP contribution is 2.35. The molecule has 3 aromatic rings. The molecule has 25 heavy (non-hydrogen) atoms. The lowest BCUT2D eigenvalue weighted by molar-refractivity contribution is -0.120. The fraction of sp³-hybridized carbons (Fsp3) is 0.300. The first-order chi connectivity index (χ1) is 12.2. The van der Waals surface area contributed by atoms with Crippen molar-refractivity contribution in [3.05, 3.63) is 48.5 Å². The Balaban J connectivity index is 1.61. The number of benzene rings is 2. The molecule has 1 aliphatic rings. The van der Waals surface area contributed by atoms with Crippen LogP contribution < -0.4 is 11.1 Å². The Morgan fingerprint density at radius 1 is 1.12 bits per heavy atom. The van der Waals surface area contributed by atoms with Gasteiger partial charge in [0.25, 0.3) is 0 Å². The Hall–Kier alpha value is -2.24. The highest BCUT2D eigenvalue weighted by atomic mass is 32.1. The molecule has 2 atom stereocenters. The molecule has 128 valence electrons. The van der Waals surface area contributed by atoms with Gasteiger partial charge < -0.3 is 11.1 Å². The smallest absolute Gasteiger partial charge is 0.227 e. The lowest BCUT2D eigenvalue weighted by Gasteiger charge is -2.25. The number of amides is 1. The summed E-state index contributed by atoms with van der Waals surface area (Å²) in [6, 6.07) is 16.1. The monoisotopic (exact) mass is 351 g/mol. The van der Waals surface area contributed by atoms with E-state index in [-0.39, 0.29) is 17.9 Å². The Bertz CT molecular complexity index is 872. The van der Waals surface area contributed by atoms with Gasteiger partial charge in [-0.15, -0.1) is 11.3 Å². The first-order valence-electron chi connectivity index (χ1n) is 8.72. The van der Waals surface area contributed by atoms with Gasteiger partial charge in [-0.2, -0.15) is 0 Å². The molecule has 0 aliphatic heterocycles. The maximum absolute atomic E-state index is 12.7. The number of rotatable bonds is 3. The summed E-state index contributed by atoms with van der Waals surface area (Å²) in [5.74, 6) is 0.0795. The third-order valence-electron chi connectivity index (χ3n) is 4.79. The van der Waals surface area contributed by atoms with Gasteiger partial charge in [0.2, 0.25) is 5.91 Å². The molecule has 0 saturated heterocycles. The number of carbonyl (C=O) groups is 1. The van der Waals surface area contributed by atoms with Crippen molar-refractivity contribution in [2.24, 2.45) is 11.7 Å². The Morgan fingerprint density at radius 2 is 1.92 bits per heavy atom. The number of carbonyl (C=O) groups excluding carboxylic acids is 1. The van der Waals surface area contributed by atoms with Gasteiger partial charge in [-0.25, -0.2) is 4.98 Å². The van der Waals surface area contributed by atoms with Gasteiger partial charge >= 0.3 is 0 Å². The van der Waals surface area contributed by atoms with Crippen molar-refractivity contribution in [1.82, 2.24) is 4.98 Å². The second-order valence-corrected chi connectivity index (χ2v) is 7.68. The van der Waals surface area contributed by atoms with Crippen LogP contribution in [0, 0.1) is 5.92 Å². The molecule has 1 fully saturated rings. The third kappa shape index (κ3) is 3.43. The maximum atomic E-state index is 12.7. The van der Waals surface area contributed by atoms with E-state index in [1.807, 2.05) is 42.5 Å². The number of para-hydroxylation sites is 2. The van der Waals surface area contributed by atoms with Gasteiger partial charge in [-0.3, -0.25) is 4.79 Å². The van der Waals surface area contributed by atoms with E-state index in [4.69, 9.17) is 10.7 Å². The molecule has 0 bridgehead atoms. The van der Waals surface area contributed by atoms with E-state index in [1.54, 1.807) is 11.3 Å². The van der Waals surface area contributed by atoms with Crippen molar-refractivity contribution < 1.29 is 4.79 Å². The predicted octanol–water partition coefficient (Wildman–Crippen LogP) is 4.42. The summed E-state index contributed by atoms with van der Waals surface area (Å²) in [7, 11) is 0. The molecule has 4 rings (SSSR count). The molecule has 1 heterocycles. The number of fused-ring (bicyclic) bond motifs is 1. The molecule has 5 heteroatoms. The zero-order chi connectivity index (χ0) is 17.2. The normalized spacial score (nSPS) is 20.5. The molecular weight excluding hydrogens is 330 g/mol. The number of nitrogens with zero attached hydrogens (tertiary/aromatic N) is 1. The van der Waals surface area contributed by atoms with Gasteiger partial charge in [0.15, 0.2) is 0 Å². The standard InChI is InChI=1S/C20H21N3OS/c21-14-7-5-6-13(12-14)19(24)22-16-9-2-1-8-15(16)20-23-17-10-3-4-11-18(17)25-20/h1-4,8-11,13-14H,5-7,12,21H2,(H,22,24). The molecule has 4 nitrogen and oxygen atoms in total. The van der Waals surface area contributed by atoms with E-state index in [0.29, 0.717) is 0 Å². The minimum absolute atomic E-state index is 0.00664. The number of nitrogens with two attached hydrogens (primary N) is 1. The Kier molecular flexibility index (Phi) is 4.51. The number of hydrogen-bond donors (Lipinski definition) is 2. The zero-order valence-corrected chi connectivity index (χ0v) is 14.8. The predicted molar refractivity (Wildman–Crippen MR) is 104 cm³/mol. The fourth-order valence-electron chi connectivity index (χ4n) is 3.47. The molecule has 1 saturated carbocycles. The number of hydrogen-bond acceptors (Lipinski definition) is 4. The summed E-state index contributed by atoms with van der Waals surface area (Å²) in [5.41, 5.74) is 8.81. The van der Waals surface area contributed by atoms with Crippen molar-refractivity contribution in [3.8, 4) is 10.6 Å². The highest BCUT2D eigenvalue weighted by Gasteiger charge is 2.26. The van der Waals surface area contributed by atoms with Crippen LogP contribution in [0.25, 0.3) is 20.8 Å². The molecule has 2 unspecified atom stereocenters. The summed E-state index contributed by atoms with van der Waals surface area (Å²) < 4.78 is 1.15. The van der Waals surface area contributed by atoms with Crippen molar-refractivity contribution in [3.63, 3.8) is 0 Å². The van der Waals surface area contributed by atoms with Crippen molar-refractivity contribution in [1.29, 1.82) is 0 Å². The molecule has 1 aromatic heterocycles. The van der Waals surface area contributed by atoms with Crippen molar-refractivity contribution in [2.45, 2.75) is 31.7 Å². The number of anilines is 1. The van der Waals surface area contributed by atoms with Crippen LogP contribution in [0.3, 0.4) is 0 Å². The Labute approximate surface area is 151 Å². The molecule has 2 aromatic carbocycles. The summed E-state index contributed by atoms with van der Waals surface area (Å²) in [4.78, 5) is 17.4. The second-order valence-electron chi connectivity index (χ2n) is 6.65. The third-order valence-corrected chi connectivity index (χ3v) is 5.86. The van der Waals surface area contributed by atoms with Gasteiger partial charge in [-0.1, -0.05) is 30.7 Å². The number of nitrogens with one attached hydrogen (secondary N) is 1. The van der Waals surface area contributed by atoms with Crippen LogP contribution in [0.5, 0.6) is 0 Å². The minimum Gasteiger partial charge on any atom is -0.328 e. The largest absolute Gasteiger partial charge is 0.328 e. The summed E-state index contributed by atoms with van der Waals surface area (Å²) >= 11 is 1.65. The zero-order valence-electron chi connectivity index (χ0n) is 13.9. The summed E-state index contributed by atoms with van der Waals surface area (Å²) in [6.07, 6.45) is 3.74. The lowest BCUT2D eigenvalue weighted by atomic mass is 9.85. The van der Waals surface area contributed by atoms with E-state index < -0.39 is 0 Å². The minimum atomic E-state index is 0.00664. The van der Waals surface area contributed by atoms with E-state index in [0.717, 1.165) is 52.2 Å². The molecule has 0 radical (unpaired) electrons. The maximum Gasteiger partial charge on any atom is 0.227 e. The fourth-order valence-corrected chi connectivity index (χ4v) is 4.47. The second kappa shape index (κ2) is 6.94. The van der Waals surface area contributed by atoms with Crippen LogP contribution in [-0.4, -0.2) is 16.9 Å². The van der Waals surface area contributed by atoms with E-state index in [1.165, 1.54) is 0 Å². The van der Waals surface area contributed by atoms with Gasteiger partial charge in [0, 0.05) is 17.5 Å². The SMILES string of the molecule is NC1CCCC(C(=O)Nc2ccccc2-c2nc3ccccc3s2)C1. The summed E-state index contributed by atoms with van der Waals surface area (Å²) in [5, 5.41) is 4.04. The van der Waals surface area contributed by atoms with E-state index >= 15 is 0 Å². The topological polar surface area (TPSA) is 68.0 Å². The molecule has 1 amide bonds. The van der Waals surface area contributed by atoms with Crippen LogP contribution >= 0.6 is 11.3 Å². The van der Waals surface area contributed by atoms with Crippen LogP contribution in [0.4, 0.5) is 5.69 Å². The lowest BCUT2D eigenvalue weighted by Crippen LogP contribution is -2.34. The van der Waals surface area contributed by atoms with Crippen LogP contribution in [-0.2, 0) is 4.79 Å². The van der Waals surface area contributed by atoms with Crippen LogP contribution in [0.2, 0.25) is 0 Å². The van der Waals surface area contributed by atoms with Crippen molar-refractivity contribution >= 4 is 33.1 Å². The van der Waals surface area contributed by atoms with Gasteiger partial charge in [0.05, 0.1) is 15.9 Å². The first-order valence-corrected chi connectivity index (χ1v) is 9.54. The van der Waals surface area contributed by atoms with Crippen molar-refractivity contribution in [2.75, 3.05) is 5.32 Å². The van der Waals surface area contributed by atoms with Crippen LogP contribution in [0.15, 0.2) is 48.5 Å². The van der Waals surface area contributed by atoms with E-state index in [2.05, 4.69) is 11.4 Å². The first kappa shape index (κ1) is 16.2. The van der Waals surface area contributed by atoms with Crippen LogP contribution in [0.1, 0.15) is 25.7 Å². The molecule has 0 spiro atoms. The van der Waals surface area contributed by atoms with E-state index in [9.17, 15) is 4.79 Å². The quantitative estimate of drug-likeness (QED) is 0.734. The van der Waals surface area contributed by atoms with Gasteiger partial charge in [-0.05, 0) is 43.5 Å².